The molecule has 0 radical (unpaired) electrons. The normalized spacial score (nSPS) is 24.2. The van der Waals surface area contributed by atoms with Crippen LogP contribution in [-0.2, 0) is 4.79 Å². The average Bonchev–Trinajstić information content (AvgIpc) is 3.42. The van der Waals surface area contributed by atoms with E-state index < -0.39 is 0 Å². The molecular formula is C19H28BrN5O. The highest BCUT2D eigenvalue weighted by Gasteiger charge is 2.39. The van der Waals surface area contributed by atoms with Gasteiger partial charge in [-0.2, -0.15) is 0 Å². The van der Waals surface area contributed by atoms with E-state index in [-0.39, 0.29) is 5.91 Å². The van der Waals surface area contributed by atoms with E-state index in [1.807, 2.05) is 7.05 Å². The van der Waals surface area contributed by atoms with Crippen LogP contribution < -0.4 is 16.0 Å². The van der Waals surface area contributed by atoms with Crippen LogP contribution in [0.15, 0.2) is 33.7 Å². The van der Waals surface area contributed by atoms with Crippen molar-refractivity contribution in [1.82, 2.24) is 20.9 Å². The van der Waals surface area contributed by atoms with Gasteiger partial charge in [0.15, 0.2) is 5.96 Å². The molecule has 3 N–H and O–H groups in total. The number of likely N-dealkylation sites (tertiary alicyclic amines) is 1. The molecular weight excluding hydrogens is 394 g/mol. The molecule has 1 amide bonds. The molecule has 2 atom stereocenters. The van der Waals surface area contributed by atoms with Crippen molar-refractivity contribution in [3.05, 3.63) is 34.3 Å². The predicted molar refractivity (Wildman–Crippen MR) is 108 cm³/mol. The van der Waals surface area contributed by atoms with Crippen LogP contribution >= 0.6 is 15.9 Å². The van der Waals surface area contributed by atoms with Crippen LogP contribution in [0.4, 0.5) is 0 Å². The Labute approximate surface area is 163 Å². The zero-order chi connectivity index (χ0) is 18.5. The fraction of sp³-hybridized carbons (Fsp3) is 0.579. The molecule has 1 saturated carbocycles. The van der Waals surface area contributed by atoms with Crippen molar-refractivity contribution >= 4 is 27.8 Å². The van der Waals surface area contributed by atoms with Crippen molar-refractivity contribution in [1.29, 1.82) is 0 Å². The van der Waals surface area contributed by atoms with E-state index in [9.17, 15) is 4.79 Å². The first kappa shape index (κ1) is 19.2. The van der Waals surface area contributed by atoms with Crippen molar-refractivity contribution in [3.8, 4) is 0 Å². The number of rotatable bonds is 5. The molecule has 26 heavy (non-hydrogen) atoms. The van der Waals surface area contributed by atoms with Gasteiger partial charge in [-0.05, 0) is 37.0 Å². The summed E-state index contributed by atoms with van der Waals surface area (Å²) in [7, 11) is 3.51. The molecule has 1 aromatic carbocycles. The third-order valence-electron chi connectivity index (χ3n) is 5.21. The minimum Gasteiger partial charge on any atom is -0.358 e. The minimum absolute atomic E-state index is 0.0848. The van der Waals surface area contributed by atoms with Gasteiger partial charge in [0.2, 0.25) is 5.91 Å². The number of carbonyl (C=O) groups excluding carboxylic acids is 1. The standard InChI is InChI=1S/C19H28BrN5O/c1-21-18(26)12-25-9-7-15(8-10-25)23-19(22-2)24-17-11-16(17)13-3-5-14(20)6-4-13/h3-6,15-17H,7-12H2,1-2H3,(H,21,26)(H2,22,23,24). The third kappa shape index (κ3) is 5.20. The van der Waals surface area contributed by atoms with E-state index in [0.717, 1.165) is 42.8 Å². The minimum atomic E-state index is 0.0848. The summed E-state index contributed by atoms with van der Waals surface area (Å²) in [6.45, 7) is 2.37. The highest BCUT2D eigenvalue weighted by atomic mass is 79.9. The summed E-state index contributed by atoms with van der Waals surface area (Å²) in [6.07, 6.45) is 3.20. The molecule has 1 aliphatic heterocycles. The first-order chi connectivity index (χ1) is 12.6. The number of piperidine rings is 1. The summed E-state index contributed by atoms with van der Waals surface area (Å²) in [5.41, 5.74) is 1.38. The van der Waals surface area contributed by atoms with Gasteiger partial charge in [0.1, 0.15) is 0 Å². The number of hydrogen-bond donors (Lipinski definition) is 3. The molecule has 1 aromatic rings. The summed E-state index contributed by atoms with van der Waals surface area (Å²) in [5, 5.41) is 9.79. The number of nitrogens with zero attached hydrogens (tertiary/aromatic N) is 2. The van der Waals surface area contributed by atoms with Crippen molar-refractivity contribution in [2.24, 2.45) is 4.99 Å². The fourth-order valence-electron chi connectivity index (χ4n) is 3.49. The second kappa shape index (κ2) is 8.86. The molecule has 1 aliphatic carbocycles. The van der Waals surface area contributed by atoms with E-state index in [4.69, 9.17) is 0 Å². The molecule has 0 spiro atoms. The number of halogens is 1. The van der Waals surface area contributed by atoms with E-state index in [0.29, 0.717) is 24.5 Å². The van der Waals surface area contributed by atoms with E-state index in [1.165, 1.54) is 5.56 Å². The van der Waals surface area contributed by atoms with Gasteiger partial charge in [0.25, 0.3) is 0 Å². The van der Waals surface area contributed by atoms with Crippen LogP contribution in [0.3, 0.4) is 0 Å². The summed E-state index contributed by atoms with van der Waals surface area (Å²) >= 11 is 3.49. The smallest absolute Gasteiger partial charge is 0.233 e. The Morgan fingerprint density at radius 3 is 2.54 bits per heavy atom. The maximum atomic E-state index is 11.5. The number of amides is 1. The largest absolute Gasteiger partial charge is 0.358 e. The topological polar surface area (TPSA) is 68.8 Å². The lowest BCUT2D eigenvalue weighted by Gasteiger charge is -2.32. The monoisotopic (exact) mass is 421 g/mol. The predicted octanol–water partition coefficient (Wildman–Crippen LogP) is 1.68. The molecule has 3 rings (SSSR count). The first-order valence-corrected chi connectivity index (χ1v) is 10.1. The molecule has 2 aliphatic rings. The second-order valence-corrected chi connectivity index (χ2v) is 8.00. The van der Waals surface area contributed by atoms with Gasteiger partial charge in [-0.1, -0.05) is 28.1 Å². The Hall–Kier alpha value is -1.60. The molecule has 1 heterocycles. The molecule has 1 saturated heterocycles. The van der Waals surface area contributed by atoms with Crippen molar-refractivity contribution < 1.29 is 4.79 Å². The van der Waals surface area contributed by atoms with Gasteiger partial charge < -0.3 is 16.0 Å². The fourth-order valence-corrected chi connectivity index (χ4v) is 3.75. The lowest BCUT2D eigenvalue weighted by atomic mass is 10.1. The van der Waals surface area contributed by atoms with Crippen LogP contribution in [-0.4, -0.2) is 62.6 Å². The average molecular weight is 422 g/mol. The number of aliphatic imine (C=N–C) groups is 1. The highest BCUT2D eigenvalue weighted by Crippen LogP contribution is 2.41. The number of nitrogens with one attached hydrogen (secondary N) is 3. The Bertz CT molecular complexity index is 640. The molecule has 142 valence electrons. The number of guanidine groups is 1. The Morgan fingerprint density at radius 2 is 1.92 bits per heavy atom. The SMILES string of the molecule is CN=C(NC1CCN(CC(=O)NC)CC1)NC1CC1c1ccc(Br)cc1. The van der Waals surface area contributed by atoms with Gasteiger partial charge in [-0.3, -0.25) is 14.7 Å². The Morgan fingerprint density at radius 1 is 1.23 bits per heavy atom. The molecule has 0 bridgehead atoms. The molecule has 7 heteroatoms. The van der Waals surface area contributed by atoms with Gasteiger partial charge >= 0.3 is 0 Å². The quantitative estimate of drug-likeness (QED) is 0.499. The van der Waals surface area contributed by atoms with Crippen LogP contribution in [0.5, 0.6) is 0 Å². The first-order valence-electron chi connectivity index (χ1n) is 9.27. The maximum Gasteiger partial charge on any atom is 0.233 e. The summed E-state index contributed by atoms with van der Waals surface area (Å²) in [6, 6.07) is 9.45. The molecule has 2 unspecified atom stereocenters. The maximum absolute atomic E-state index is 11.5. The number of hydrogen-bond acceptors (Lipinski definition) is 3. The van der Waals surface area contributed by atoms with Crippen molar-refractivity contribution in [3.63, 3.8) is 0 Å². The molecule has 0 aromatic heterocycles. The number of carbonyl (C=O) groups is 1. The van der Waals surface area contributed by atoms with Crippen LogP contribution in [0.25, 0.3) is 0 Å². The highest BCUT2D eigenvalue weighted by molar-refractivity contribution is 9.10. The zero-order valence-electron chi connectivity index (χ0n) is 15.5. The van der Waals surface area contributed by atoms with E-state index >= 15 is 0 Å². The molecule has 6 nitrogen and oxygen atoms in total. The zero-order valence-corrected chi connectivity index (χ0v) is 17.1. The number of likely N-dealkylation sites (N-methyl/N-ethyl adjacent to an activating group) is 1. The van der Waals surface area contributed by atoms with Crippen molar-refractivity contribution in [2.75, 3.05) is 33.7 Å². The van der Waals surface area contributed by atoms with Crippen molar-refractivity contribution in [2.45, 2.75) is 37.3 Å². The third-order valence-corrected chi connectivity index (χ3v) is 5.74. The van der Waals surface area contributed by atoms with Gasteiger partial charge in [-0.25, -0.2) is 0 Å². The van der Waals surface area contributed by atoms with Crippen LogP contribution in [0.1, 0.15) is 30.7 Å². The Balaban J connectivity index is 1.42. The second-order valence-electron chi connectivity index (χ2n) is 7.08. The van der Waals surface area contributed by atoms with Gasteiger partial charge in [-0.15, -0.1) is 0 Å². The van der Waals surface area contributed by atoms with E-state index in [1.54, 1.807) is 7.05 Å². The van der Waals surface area contributed by atoms with Crippen LogP contribution in [0.2, 0.25) is 0 Å². The summed E-state index contributed by atoms with van der Waals surface area (Å²) in [5.74, 6) is 1.54. The lowest BCUT2D eigenvalue weighted by molar-refractivity contribution is -0.122. The lowest BCUT2D eigenvalue weighted by Crippen LogP contribution is -2.50. The number of benzene rings is 1. The van der Waals surface area contributed by atoms with Crippen LogP contribution in [0, 0.1) is 0 Å². The Kier molecular flexibility index (Phi) is 6.53. The summed E-state index contributed by atoms with van der Waals surface area (Å²) < 4.78 is 1.12. The summed E-state index contributed by atoms with van der Waals surface area (Å²) in [4.78, 5) is 18.1. The molecule has 2 fully saturated rings. The van der Waals surface area contributed by atoms with E-state index in [2.05, 4.69) is 66.0 Å². The van der Waals surface area contributed by atoms with Gasteiger partial charge in [0, 0.05) is 49.7 Å². The van der Waals surface area contributed by atoms with Gasteiger partial charge in [0.05, 0.1) is 6.54 Å².